The summed E-state index contributed by atoms with van der Waals surface area (Å²) in [6.07, 6.45) is 22.8. The molecule has 0 aromatic carbocycles. The van der Waals surface area contributed by atoms with Crippen LogP contribution in [0.15, 0.2) is 12.2 Å². The van der Waals surface area contributed by atoms with E-state index in [1.807, 2.05) is 14.1 Å². The summed E-state index contributed by atoms with van der Waals surface area (Å²) in [7, 11) is 0.236. The maximum atomic E-state index is 12.0. The molecule has 0 rings (SSSR count). The lowest BCUT2D eigenvalue weighted by Gasteiger charge is -2.29. The van der Waals surface area contributed by atoms with E-state index >= 15 is 0 Å². The van der Waals surface area contributed by atoms with Crippen molar-refractivity contribution in [3.8, 4) is 0 Å². The van der Waals surface area contributed by atoms with Gasteiger partial charge in [-0.25, -0.2) is 5.26 Å². The molecule has 0 aliphatic carbocycles. The van der Waals surface area contributed by atoms with Gasteiger partial charge in [-0.2, -0.15) is 8.42 Å². The SMILES string of the molecule is CCCCCCCC/C=C\CCCCCCCC(=O)NCCC[N+](C)(C)CCCS(=O)(=O)OO. The summed E-state index contributed by atoms with van der Waals surface area (Å²) in [5, 5.41) is 11.3. The Morgan fingerprint density at radius 3 is 1.94 bits per heavy atom. The minimum absolute atomic E-state index is 0.120. The van der Waals surface area contributed by atoms with Crippen molar-refractivity contribution in [3.05, 3.63) is 12.2 Å². The largest absolute Gasteiger partial charge is 0.356 e. The number of nitrogens with one attached hydrogen (secondary N) is 1. The number of carbonyl (C=O) groups excluding carboxylic acids is 1. The number of quaternary nitrogens is 1. The van der Waals surface area contributed by atoms with E-state index in [0.717, 1.165) is 25.8 Å². The summed E-state index contributed by atoms with van der Waals surface area (Å²) in [4.78, 5) is 12.0. The number of nitrogens with zero attached hydrogens (tertiary/aromatic N) is 1. The average molecular weight is 506 g/mol. The molecule has 0 bridgehead atoms. The molecule has 0 fully saturated rings. The Morgan fingerprint density at radius 1 is 0.824 bits per heavy atom. The number of allylic oxidation sites excluding steroid dienone is 2. The van der Waals surface area contributed by atoms with E-state index in [0.29, 0.717) is 30.4 Å². The highest BCUT2D eigenvalue weighted by Crippen LogP contribution is 2.10. The normalized spacial score (nSPS) is 12.5. The maximum absolute atomic E-state index is 12.0. The molecule has 0 saturated carbocycles. The Bertz CT molecular complexity index is 621. The molecule has 2 N–H and O–H groups in total. The summed E-state index contributed by atoms with van der Waals surface area (Å²) in [5.41, 5.74) is 0. The van der Waals surface area contributed by atoms with Gasteiger partial charge < -0.3 is 9.80 Å². The van der Waals surface area contributed by atoms with Gasteiger partial charge in [0.1, 0.15) is 0 Å². The zero-order valence-corrected chi connectivity index (χ0v) is 23.0. The fraction of sp³-hybridized carbons (Fsp3) is 0.885. The fourth-order valence-corrected chi connectivity index (χ4v) is 4.56. The van der Waals surface area contributed by atoms with Gasteiger partial charge in [-0.05, 0) is 32.1 Å². The molecule has 0 aliphatic heterocycles. The molecule has 0 atom stereocenters. The Balaban J connectivity index is 3.52. The standard InChI is InChI=1S/C26H52N2O5S/c1-4-5-6-7-8-9-10-11-12-13-14-15-16-17-18-21-26(29)27-22-19-23-28(2,3)24-20-25-34(31,32)33-30/h11-12H,4-10,13-25H2,1-3H3,(H-,27,29,30)/p+1/b12-11-. The van der Waals surface area contributed by atoms with Gasteiger partial charge in [-0.15, -0.1) is 4.33 Å². The summed E-state index contributed by atoms with van der Waals surface area (Å²) < 4.78 is 26.4. The van der Waals surface area contributed by atoms with Crippen LogP contribution in [0.2, 0.25) is 0 Å². The van der Waals surface area contributed by atoms with Gasteiger partial charge in [-0.1, -0.05) is 70.4 Å². The van der Waals surface area contributed by atoms with E-state index < -0.39 is 10.1 Å². The van der Waals surface area contributed by atoms with Gasteiger partial charge >= 0.3 is 0 Å². The maximum Gasteiger partial charge on any atom is 0.293 e. The second-order valence-corrected chi connectivity index (χ2v) is 11.8. The van der Waals surface area contributed by atoms with E-state index in [9.17, 15) is 13.2 Å². The van der Waals surface area contributed by atoms with E-state index in [-0.39, 0.29) is 11.7 Å². The van der Waals surface area contributed by atoms with Crippen molar-refractivity contribution in [1.82, 2.24) is 5.32 Å². The predicted octanol–water partition coefficient (Wildman–Crippen LogP) is 5.82. The van der Waals surface area contributed by atoms with Crippen LogP contribution in [-0.2, 0) is 19.2 Å². The van der Waals surface area contributed by atoms with E-state index in [1.165, 1.54) is 70.6 Å². The molecule has 0 aliphatic rings. The second kappa shape index (κ2) is 21.3. The molecule has 0 aromatic heterocycles. The summed E-state index contributed by atoms with van der Waals surface area (Å²) in [6, 6.07) is 0. The monoisotopic (exact) mass is 505 g/mol. The third kappa shape index (κ3) is 22.8. The minimum Gasteiger partial charge on any atom is -0.356 e. The quantitative estimate of drug-likeness (QED) is 0.0567. The average Bonchev–Trinajstić information content (AvgIpc) is 2.79. The lowest BCUT2D eigenvalue weighted by Crippen LogP contribution is -2.43. The molecule has 0 heterocycles. The number of unbranched alkanes of at least 4 members (excludes halogenated alkanes) is 11. The molecule has 0 saturated heterocycles. The molecule has 202 valence electrons. The predicted molar refractivity (Wildman–Crippen MR) is 141 cm³/mol. The Morgan fingerprint density at radius 2 is 1.35 bits per heavy atom. The van der Waals surface area contributed by atoms with Gasteiger partial charge in [0.05, 0.1) is 32.9 Å². The third-order valence-corrected chi connectivity index (χ3v) is 7.22. The smallest absolute Gasteiger partial charge is 0.293 e. The van der Waals surface area contributed by atoms with E-state index in [1.54, 1.807) is 0 Å². The second-order valence-electron chi connectivity index (χ2n) is 10.1. The van der Waals surface area contributed by atoms with Crippen molar-refractivity contribution in [2.45, 2.75) is 110 Å². The van der Waals surface area contributed by atoms with Crippen LogP contribution < -0.4 is 5.32 Å². The lowest BCUT2D eigenvalue weighted by atomic mass is 10.1. The topological polar surface area (TPSA) is 92.7 Å². The molecule has 0 unspecified atom stereocenters. The van der Waals surface area contributed by atoms with Crippen LogP contribution in [-0.4, -0.2) is 63.5 Å². The Hall–Kier alpha value is -0.960. The molecule has 0 spiro atoms. The van der Waals surface area contributed by atoms with Crippen LogP contribution in [0.25, 0.3) is 0 Å². The Kier molecular flexibility index (Phi) is 20.7. The molecule has 1 amide bonds. The van der Waals surface area contributed by atoms with Crippen LogP contribution >= 0.6 is 0 Å². The number of hydrogen-bond donors (Lipinski definition) is 2. The molecule has 8 heteroatoms. The number of rotatable bonds is 24. The highest BCUT2D eigenvalue weighted by Gasteiger charge is 2.18. The number of hydrogen-bond acceptors (Lipinski definition) is 5. The first-order valence-electron chi connectivity index (χ1n) is 13.5. The molecular formula is C26H53N2O5S+. The van der Waals surface area contributed by atoms with Crippen molar-refractivity contribution < 1.29 is 27.3 Å². The lowest BCUT2D eigenvalue weighted by molar-refractivity contribution is -0.890. The van der Waals surface area contributed by atoms with Gasteiger partial charge in [0.2, 0.25) is 5.91 Å². The van der Waals surface area contributed by atoms with Gasteiger partial charge in [0, 0.05) is 25.8 Å². The fourth-order valence-electron chi connectivity index (χ4n) is 4.00. The highest BCUT2D eigenvalue weighted by molar-refractivity contribution is 7.86. The van der Waals surface area contributed by atoms with Crippen LogP contribution in [0.5, 0.6) is 0 Å². The van der Waals surface area contributed by atoms with Gasteiger partial charge in [0.15, 0.2) is 0 Å². The zero-order valence-electron chi connectivity index (χ0n) is 22.2. The van der Waals surface area contributed by atoms with E-state index in [2.05, 4.69) is 28.7 Å². The van der Waals surface area contributed by atoms with Crippen LogP contribution in [0, 0.1) is 0 Å². The van der Waals surface area contributed by atoms with Crippen molar-refractivity contribution >= 4 is 16.0 Å². The van der Waals surface area contributed by atoms with Crippen molar-refractivity contribution in [1.29, 1.82) is 0 Å². The van der Waals surface area contributed by atoms with Crippen molar-refractivity contribution in [2.75, 3.05) is 39.5 Å². The molecule has 0 aromatic rings. The van der Waals surface area contributed by atoms with Crippen LogP contribution in [0.1, 0.15) is 110 Å². The summed E-state index contributed by atoms with van der Waals surface area (Å²) in [5.74, 6) is -0.0770. The molecule has 7 nitrogen and oxygen atoms in total. The summed E-state index contributed by atoms with van der Waals surface area (Å²) >= 11 is 0. The first-order chi connectivity index (χ1) is 16.2. The molecule has 34 heavy (non-hydrogen) atoms. The number of amides is 1. The highest BCUT2D eigenvalue weighted by atomic mass is 32.2. The first kappa shape index (κ1) is 33.0. The van der Waals surface area contributed by atoms with E-state index in [4.69, 9.17) is 5.26 Å². The molecule has 0 radical (unpaired) electrons. The Labute approximate surface area is 210 Å². The van der Waals surface area contributed by atoms with Gasteiger partial charge in [-0.3, -0.25) is 4.79 Å². The zero-order chi connectivity index (χ0) is 25.5. The summed E-state index contributed by atoms with van der Waals surface area (Å²) in [6.45, 7) is 4.40. The first-order valence-corrected chi connectivity index (χ1v) is 15.1. The van der Waals surface area contributed by atoms with Crippen LogP contribution in [0.3, 0.4) is 0 Å². The number of carbonyl (C=O) groups is 1. The molecular weight excluding hydrogens is 452 g/mol. The van der Waals surface area contributed by atoms with Crippen LogP contribution in [0.4, 0.5) is 0 Å². The van der Waals surface area contributed by atoms with Crippen molar-refractivity contribution in [2.24, 2.45) is 0 Å². The minimum atomic E-state index is -3.82. The van der Waals surface area contributed by atoms with Crippen molar-refractivity contribution in [3.63, 3.8) is 0 Å². The van der Waals surface area contributed by atoms with Gasteiger partial charge in [0.25, 0.3) is 10.1 Å². The third-order valence-electron chi connectivity index (χ3n) is 6.20.